The summed E-state index contributed by atoms with van der Waals surface area (Å²) < 4.78 is 11.4. The molecule has 2 aliphatic rings. The number of nitrogens with zero attached hydrogens (tertiary/aromatic N) is 3. The molecule has 0 radical (unpaired) electrons. The normalized spacial score (nSPS) is 17.4. The summed E-state index contributed by atoms with van der Waals surface area (Å²) in [6.07, 6.45) is 0. The average molecular weight is 568 g/mol. The molecule has 0 unspecified atom stereocenters. The lowest BCUT2D eigenvalue weighted by Crippen LogP contribution is -2.29. The Bertz CT molecular complexity index is 1620. The highest BCUT2D eigenvalue weighted by Crippen LogP contribution is 2.52. The van der Waals surface area contributed by atoms with E-state index in [1.165, 1.54) is 11.8 Å². The van der Waals surface area contributed by atoms with E-state index < -0.39 is 0 Å². The Morgan fingerprint density at radius 2 is 1.55 bits per heavy atom. The van der Waals surface area contributed by atoms with Crippen molar-refractivity contribution in [3.63, 3.8) is 0 Å². The molecule has 6 rings (SSSR count). The third-order valence-corrected chi connectivity index (χ3v) is 8.69. The second kappa shape index (κ2) is 11.0. The van der Waals surface area contributed by atoms with E-state index in [9.17, 15) is 9.90 Å². The first-order chi connectivity index (χ1) is 19.5. The Balaban J connectivity index is 1.37. The number of amidine groups is 1. The zero-order valence-corrected chi connectivity index (χ0v) is 23.4. The van der Waals surface area contributed by atoms with Gasteiger partial charge >= 0.3 is 0 Å². The molecule has 0 saturated carbocycles. The maximum atomic E-state index is 14.0. The summed E-state index contributed by atoms with van der Waals surface area (Å²) in [7, 11) is 1.65. The number of rotatable bonds is 6. The molecule has 2 heterocycles. The highest BCUT2D eigenvalue weighted by atomic mass is 32.2. The van der Waals surface area contributed by atoms with Gasteiger partial charge in [0.1, 0.15) is 32.9 Å². The van der Waals surface area contributed by atoms with Crippen molar-refractivity contribution < 1.29 is 19.4 Å². The van der Waals surface area contributed by atoms with E-state index in [4.69, 9.17) is 14.5 Å². The number of hydrogen-bond donors (Lipinski definition) is 1. The van der Waals surface area contributed by atoms with Crippen LogP contribution in [0.25, 0.3) is 0 Å². The van der Waals surface area contributed by atoms with Crippen molar-refractivity contribution in [3.8, 4) is 23.0 Å². The number of phenols is 1. The smallest absolute Gasteiger partial charge is 0.274 e. The van der Waals surface area contributed by atoms with Crippen LogP contribution in [0.3, 0.4) is 0 Å². The highest BCUT2D eigenvalue weighted by molar-refractivity contribution is 8.20. The van der Waals surface area contributed by atoms with Gasteiger partial charge in [0.25, 0.3) is 5.91 Å². The molecule has 0 bridgehead atoms. The lowest BCUT2D eigenvalue weighted by molar-refractivity contribution is -0.113. The van der Waals surface area contributed by atoms with Gasteiger partial charge in [-0.15, -0.1) is 0 Å². The fourth-order valence-corrected chi connectivity index (χ4v) is 6.78. The van der Waals surface area contributed by atoms with Crippen molar-refractivity contribution in [2.24, 2.45) is 4.99 Å². The van der Waals surface area contributed by atoms with E-state index in [-0.39, 0.29) is 11.7 Å². The van der Waals surface area contributed by atoms with Gasteiger partial charge in [-0.05, 0) is 91.5 Å². The number of carbonyl (C=O) groups excluding carboxylic acids is 1. The molecule has 0 atom stereocenters. The number of aromatic hydroxyl groups is 1. The maximum Gasteiger partial charge on any atom is 0.274 e. The number of carbonyl (C=O) groups is 1. The molecule has 1 amide bonds. The van der Waals surface area contributed by atoms with Crippen LogP contribution in [-0.4, -0.2) is 29.8 Å². The van der Waals surface area contributed by atoms with E-state index in [0.717, 1.165) is 27.1 Å². The summed E-state index contributed by atoms with van der Waals surface area (Å²) in [5.41, 5.74) is 2.32. The molecule has 1 N–H and O–H groups in total. The summed E-state index contributed by atoms with van der Waals surface area (Å²) in [6.45, 7) is 2.75. The second-order valence-corrected chi connectivity index (χ2v) is 10.9. The number of amides is 1. The van der Waals surface area contributed by atoms with Crippen LogP contribution < -0.4 is 19.3 Å². The first kappa shape index (κ1) is 25.9. The van der Waals surface area contributed by atoms with Gasteiger partial charge in [-0.2, -0.15) is 0 Å². The fourth-order valence-electron chi connectivity index (χ4n) is 4.40. The van der Waals surface area contributed by atoms with E-state index in [2.05, 4.69) is 11.8 Å². The van der Waals surface area contributed by atoms with Gasteiger partial charge in [-0.3, -0.25) is 9.69 Å². The summed E-state index contributed by atoms with van der Waals surface area (Å²) >= 11 is 2.91. The van der Waals surface area contributed by atoms with Crippen LogP contribution in [0.4, 0.5) is 17.1 Å². The van der Waals surface area contributed by atoms with Crippen molar-refractivity contribution in [2.45, 2.75) is 11.8 Å². The number of hydrogen-bond acceptors (Lipinski definition) is 8. The number of benzene rings is 4. The molecule has 200 valence electrons. The molecule has 7 nitrogen and oxygen atoms in total. The van der Waals surface area contributed by atoms with E-state index in [1.54, 1.807) is 48.0 Å². The van der Waals surface area contributed by atoms with Crippen LogP contribution in [0.1, 0.15) is 6.92 Å². The number of phenolic OH excluding ortho intramolecular Hbond substituents is 1. The molecule has 9 heteroatoms. The minimum absolute atomic E-state index is 0.127. The molecule has 0 spiro atoms. The van der Waals surface area contributed by atoms with Crippen LogP contribution in [0.15, 0.2) is 117 Å². The third kappa shape index (κ3) is 5.01. The van der Waals surface area contributed by atoms with Crippen molar-refractivity contribution >= 4 is 51.7 Å². The van der Waals surface area contributed by atoms with Gasteiger partial charge < -0.3 is 19.5 Å². The zero-order chi connectivity index (χ0) is 27.6. The summed E-state index contributed by atoms with van der Waals surface area (Å²) in [4.78, 5) is 24.3. The average Bonchev–Trinajstić information content (AvgIpc) is 3.51. The Morgan fingerprint density at radius 1 is 0.850 bits per heavy atom. The Labute approximate surface area is 240 Å². The monoisotopic (exact) mass is 567 g/mol. The molecule has 40 heavy (non-hydrogen) atoms. The van der Waals surface area contributed by atoms with Gasteiger partial charge in [0, 0.05) is 17.5 Å². The van der Waals surface area contributed by atoms with E-state index >= 15 is 0 Å². The first-order valence-corrected chi connectivity index (χ1v) is 14.3. The highest BCUT2D eigenvalue weighted by Gasteiger charge is 2.40. The minimum Gasteiger partial charge on any atom is -0.508 e. The van der Waals surface area contributed by atoms with Gasteiger partial charge in [-0.1, -0.05) is 30.0 Å². The van der Waals surface area contributed by atoms with Crippen LogP contribution in [0.5, 0.6) is 23.0 Å². The number of methoxy groups -OCH3 is 1. The first-order valence-electron chi connectivity index (χ1n) is 12.6. The lowest BCUT2D eigenvalue weighted by atomic mass is 10.2. The van der Waals surface area contributed by atoms with Crippen LogP contribution in [-0.2, 0) is 4.79 Å². The molecule has 1 saturated heterocycles. The van der Waals surface area contributed by atoms with E-state index in [1.807, 2.05) is 72.8 Å². The molecular weight excluding hydrogens is 542 g/mol. The number of anilines is 2. The van der Waals surface area contributed by atoms with Crippen LogP contribution in [0, 0.1) is 0 Å². The molecule has 0 aliphatic carbocycles. The maximum absolute atomic E-state index is 14.0. The molecule has 4 aromatic carbocycles. The number of thioether (sulfide) groups is 2. The number of aliphatic imine (C=N–C) groups is 1. The molecule has 1 fully saturated rings. The predicted octanol–water partition coefficient (Wildman–Crippen LogP) is 7.76. The molecule has 0 aromatic heterocycles. The Kier molecular flexibility index (Phi) is 7.15. The SMILES string of the molecule is CCN1/C(=C2/SC(=Nc3ccc(Oc4ccccc4)cc3)N(c3ccc(O)cc3)C2=O)Sc2ccc(OC)cc21. The van der Waals surface area contributed by atoms with Crippen molar-refractivity contribution in [1.29, 1.82) is 0 Å². The van der Waals surface area contributed by atoms with Gasteiger partial charge in [0.05, 0.1) is 24.2 Å². The fraction of sp³-hybridized carbons (Fsp3) is 0.0968. The van der Waals surface area contributed by atoms with Crippen molar-refractivity contribution in [2.75, 3.05) is 23.5 Å². The van der Waals surface area contributed by atoms with Gasteiger partial charge in [0.2, 0.25) is 0 Å². The lowest BCUT2D eigenvalue weighted by Gasteiger charge is -2.19. The summed E-state index contributed by atoms with van der Waals surface area (Å²) in [5.74, 6) is 2.17. The topological polar surface area (TPSA) is 74.6 Å². The quantitative estimate of drug-likeness (QED) is 0.239. The number of para-hydroxylation sites is 1. The zero-order valence-electron chi connectivity index (χ0n) is 21.8. The standard InChI is InChI=1S/C31H25N3O4S2/c1-3-33-26-19-25(37-2)17-18-27(26)39-30(33)28-29(36)34(21-11-13-22(35)14-12-21)31(40-28)32-20-9-15-24(16-10-20)38-23-7-5-4-6-8-23/h4-19,35H,3H2,1-2H3/b30-28-,32-31?. The largest absolute Gasteiger partial charge is 0.508 e. The summed E-state index contributed by atoms with van der Waals surface area (Å²) in [5, 5.41) is 11.2. The number of fused-ring (bicyclic) bond motifs is 1. The predicted molar refractivity (Wildman–Crippen MR) is 162 cm³/mol. The third-order valence-electron chi connectivity index (χ3n) is 6.35. The summed E-state index contributed by atoms with van der Waals surface area (Å²) in [6, 6.07) is 29.5. The number of ether oxygens (including phenoxy) is 2. The van der Waals surface area contributed by atoms with Gasteiger partial charge in [-0.25, -0.2) is 4.99 Å². The van der Waals surface area contributed by atoms with E-state index in [0.29, 0.717) is 33.7 Å². The van der Waals surface area contributed by atoms with Crippen LogP contribution in [0.2, 0.25) is 0 Å². The minimum atomic E-state index is -0.167. The van der Waals surface area contributed by atoms with Crippen LogP contribution >= 0.6 is 23.5 Å². The van der Waals surface area contributed by atoms with Crippen molar-refractivity contribution in [1.82, 2.24) is 0 Å². The van der Waals surface area contributed by atoms with Gasteiger partial charge in [0.15, 0.2) is 5.17 Å². The molecular formula is C31H25N3O4S2. The molecule has 2 aliphatic heterocycles. The Morgan fingerprint density at radius 3 is 2.25 bits per heavy atom. The molecule has 4 aromatic rings. The van der Waals surface area contributed by atoms with Crippen molar-refractivity contribution in [3.05, 3.63) is 107 Å². The second-order valence-electron chi connectivity index (χ2n) is 8.88. The Hall–Kier alpha value is -4.34.